The Balaban J connectivity index is 1.63. The van der Waals surface area contributed by atoms with Crippen LogP contribution in [-0.2, 0) is 11.6 Å². The van der Waals surface area contributed by atoms with Crippen molar-refractivity contribution >= 4 is 22.2 Å². The SMILES string of the molecule is CN(C)CC(C)(C)COc1cccc(-c2sc(Nc3cccnc3Oc3ccccc3C(C)(C)C)nc2C(F)(F)F)c1. The number of nitrogens with one attached hydrogen (secondary N) is 1. The van der Waals surface area contributed by atoms with E-state index < -0.39 is 11.9 Å². The first-order valence-corrected chi connectivity index (χ1v) is 14.4. The van der Waals surface area contributed by atoms with Gasteiger partial charge in [0.15, 0.2) is 10.8 Å². The van der Waals surface area contributed by atoms with Crippen LogP contribution in [0.15, 0.2) is 66.9 Å². The van der Waals surface area contributed by atoms with E-state index in [0.717, 1.165) is 23.4 Å². The van der Waals surface area contributed by atoms with Gasteiger partial charge >= 0.3 is 6.18 Å². The second kappa shape index (κ2) is 12.3. The third-order valence-corrected chi connectivity index (χ3v) is 7.30. The molecule has 0 aliphatic carbocycles. The molecule has 0 radical (unpaired) electrons. The fraction of sp³-hybridized carbons (Fsp3) is 0.375. The van der Waals surface area contributed by atoms with Crippen LogP contribution in [0.2, 0.25) is 0 Å². The molecule has 1 N–H and O–H groups in total. The third kappa shape index (κ3) is 8.01. The lowest BCUT2D eigenvalue weighted by Gasteiger charge is -2.28. The van der Waals surface area contributed by atoms with Crippen LogP contribution in [-0.4, -0.2) is 42.1 Å². The predicted octanol–water partition coefficient (Wildman–Crippen LogP) is 9.02. The number of thiazole rings is 1. The van der Waals surface area contributed by atoms with Crippen LogP contribution in [0.5, 0.6) is 17.4 Å². The van der Waals surface area contributed by atoms with Gasteiger partial charge in [0.2, 0.25) is 5.88 Å². The van der Waals surface area contributed by atoms with Crippen molar-refractivity contribution in [3.05, 3.63) is 78.1 Å². The number of halogens is 3. The molecule has 4 rings (SSSR count). The number of para-hydroxylation sites is 1. The maximum Gasteiger partial charge on any atom is 0.434 e. The summed E-state index contributed by atoms with van der Waals surface area (Å²) < 4.78 is 54.7. The minimum atomic E-state index is -4.66. The summed E-state index contributed by atoms with van der Waals surface area (Å²) >= 11 is 0.910. The third-order valence-electron chi connectivity index (χ3n) is 6.28. The Hall–Kier alpha value is -3.63. The van der Waals surface area contributed by atoms with E-state index in [2.05, 4.69) is 54.8 Å². The molecule has 0 saturated heterocycles. The maximum atomic E-state index is 14.2. The van der Waals surface area contributed by atoms with Gasteiger partial charge in [-0.3, -0.25) is 0 Å². The molecule has 0 fully saturated rings. The van der Waals surface area contributed by atoms with E-state index in [0.29, 0.717) is 29.4 Å². The van der Waals surface area contributed by atoms with E-state index in [9.17, 15) is 13.2 Å². The van der Waals surface area contributed by atoms with E-state index in [4.69, 9.17) is 9.47 Å². The molecule has 0 amide bonds. The normalized spacial score (nSPS) is 12.5. The summed E-state index contributed by atoms with van der Waals surface area (Å²) in [6.07, 6.45) is -3.09. The topological polar surface area (TPSA) is 59.5 Å². The Bertz CT molecular complexity index is 1510. The number of benzene rings is 2. The molecular formula is C32H37F3N4O2S. The fourth-order valence-corrected chi connectivity index (χ4v) is 5.62. The minimum Gasteiger partial charge on any atom is -0.493 e. The smallest absolute Gasteiger partial charge is 0.434 e. The van der Waals surface area contributed by atoms with Gasteiger partial charge in [-0.2, -0.15) is 13.2 Å². The van der Waals surface area contributed by atoms with Crippen molar-refractivity contribution < 1.29 is 22.6 Å². The molecule has 0 atom stereocenters. The molecule has 0 saturated carbocycles. The van der Waals surface area contributed by atoms with Crippen molar-refractivity contribution in [3.63, 3.8) is 0 Å². The Morgan fingerprint density at radius 3 is 2.36 bits per heavy atom. The summed E-state index contributed by atoms with van der Waals surface area (Å²) in [7, 11) is 3.98. The molecule has 2 heterocycles. The molecule has 0 bridgehead atoms. The summed E-state index contributed by atoms with van der Waals surface area (Å²) in [5.74, 6) is 1.35. The first kappa shape index (κ1) is 31.3. The highest BCUT2D eigenvalue weighted by molar-refractivity contribution is 7.19. The van der Waals surface area contributed by atoms with Crippen LogP contribution in [0.1, 0.15) is 45.9 Å². The highest BCUT2D eigenvalue weighted by Gasteiger charge is 2.38. The van der Waals surface area contributed by atoms with Crippen molar-refractivity contribution in [2.45, 2.75) is 46.2 Å². The van der Waals surface area contributed by atoms with E-state index in [-0.39, 0.29) is 26.7 Å². The zero-order valence-corrected chi connectivity index (χ0v) is 25.8. The molecule has 224 valence electrons. The second-order valence-electron chi connectivity index (χ2n) is 12.2. The highest BCUT2D eigenvalue weighted by Crippen LogP contribution is 2.44. The van der Waals surface area contributed by atoms with Crippen molar-refractivity contribution in [1.82, 2.24) is 14.9 Å². The van der Waals surface area contributed by atoms with E-state index in [1.807, 2.05) is 38.4 Å². The molecule has 0 unspecified atom stereocenters. The van der Waals surface area contributed by atoms with Crippen LogP contribution in [0.3, 0.4) is 0 Å². The van der Waals surface area contributed by atoms with Crippen LogP contribution in [0.4, 0.5) is 24.0 Å². The van der Waals surface area contributed by atoms with Gasteiger partial charge in [-0.15, -0.1) is 0 Å². The molecule has 0 aliphatic rings. The van der Waals surface area contributed by atoms with Crippen molar-refractivity contribution in [1.29, 1.82) is 0 Å². The molecule has 0 spiro atoms. The van der Waals surface area contributed by atoms with E-state index >= 15 is 0 Å². The molecule has 2 aromatic carbocycles. The van der Waals surface area contributed by atoms with Crippen LogP contribution in [0.25, 0.3) is 10.4 Å². The fourth-order valence-electron chi connectivity index (χ4n) is 4.63. The molecular weight excluding hydrogens is 561 g/mol. The maximum absolute atomic E-state index is 14.2. The minimum absolute atomic E-state index is 0.00700. The number of hydrogen-bond donors (Lipinski definition) is 1. The molecule has 0 aliphatic heterocycles. The number of rotatable bonds is 10. The van der Waals surface area contributed by atoms with Gasteiger partial charge in [0.25, 0.3) is 0 Å². The first-order chi connectivity index (χ1) is 19.6. The number of alkyl halides is 3. The zero-order valence-electron chi connectivity index (χ0n) is 25.0. The lowest BCUT2D eigenvalue weighted by atomic mass is 9.86. The van der Waals surface area contributed by atoms with Crippen LogP contribution < -0.4 is 14.8 Å². The van der Waals surface area contributed by atoms with Gasteiger partial charge in [-0.25, -0.2) is 9.97 Å². The number of pyridine rings is 1. The van der Waals surface area contributed by atoms with Crippen LogP contribution >= 0.6 is 11.3 Å². The zero-order chi connectivity index (χ0) is 30.7. The first-order valence-electron chi connectivity index (χ1n) is 13.6. The summed E-state index contributed by atoms with van der Waals surface area (Å²) in [6, 6.07) is 17.7. The van der Waals surface area contributed by atoms with E-state index in [1.54, 1.807) is 42.6 Å². The van der Waals surface area contributed by atoms with Gasteiger partial charge in [0.1, 0.15) is 17.2 Å². The highest BCUT2D eigenvalue weighted by atomic mass is 32.1. The largest absolute Gasteiger partial charge is 0.493 e. The van der Waals surface area contributed by atoms with Gasteiger partial charge < -0.3 is 19.7 Å². The molecule has 6 nitrogen and oxygen atoms in total. The lowest BCUT2D eigenvalue weighted by Crippen LogP contribution is -2.33. The molecule has 10 heteroatoms. The van der Waals surface area contributed by atoms with Crippen LogP contribution in [0, 0.1) is 5.41 Å². The average molecular weight is 599 g/mol. The molecule has 4 aromatic rings. The number of hydrogen-bond acceptors (Lipinski definition) is 7. The number of nitrogens with zero attached hydrogens (tertiary/aromatic N) is 3. The summed E-state index contributed by atoms with van der Waals surface area (Å²) in [4.78, 5) is 10.4. The number of aromatic nitrogens is 2. The quantitative estimate of drug-likeness (QED) is 0.197. The average Bonchev–Trinajstić information content (AvgIpc) is 3.33. The predicted molar refractivity (Wildman–Crippen MR) is 163 cm³/mol. The summed E-state index contributed by atoms with van der Waals surface area (Å²) in [6.45, 7) is 11.6. The summed E-state index contributed by atoms with van der Waals surface area (Å²) in [5.41, 5.74) is 0.447. The van der Waals surface area contributed by atoms with E-state index in [1.165, 1.54) is 0 Å². The number of anilines is 2. The molecule has 42 heavy (non-hydrogen) atoms. The Morgan fingerprint density at radius 1 is 0.929 bits per heavy atom. The number of ether oxygens (including phenoxy) is 2. The van der Waals surface area contributed by atoms with Gasteiger partial charge in [-0.1, -0.05) is 76.3 Å². The van der Waals surface area contributed by atoms with Crippen molar-refractivity contribution in [2.75, 3.05) is 32.6 Å². The second-order valence-corrected chi connectivity index (χ2v) is 13.2. The summed E-state index contributed by atoms with van der Waals surface area (Å²) in [5, 5.41) is 3.08. The monoisotopic (exact) mass is 598 g/mol. The lowest BCUT2D eigenvalue weighted by molar-refractivity contribution is -0.140. The van der Waals surface area contributed by atoms with Gasteiger partial charge in [0.05, 0.1) is 11.5 Å². The molecule has 2 aromatic heterocycles. The van der Waals surface area contributed by atoms with Crippen molar-refractivity contribution in [2.24, 2.45) is 5.41 Å². The standard InChI is InChI=1S/C32H37F3N4O2S/c1-30(2,3)23-14-8-9-16-25(23)41-28-24(15-11-17-36-28)37-29-38-27(32(33,34)35)26(42-29)21-12-10-13-22(18-21)40-20-31(4,5)19-39(6)7/h8-18H,19-20H2,1-7H3,(H,37,38). The Labute approximate surface area is 249 Å². The Morgan fingerprint density at radius 2 is 1.67 bits per heavy atom. The van der Waals surface area contributed by atoms with Gasteiger partial charge in [0, 0.05) is 23.7 Å². The Kier molecular flexibility index (Phi) is 9.18. The van der Waals surface area contributed by atoms with Crippen molar-refractivity contribution in [3.8, 4) is 27.8 Å². The van der Waals surface area contributed by atoms with Gasteiger partial charge in [-0.05, 0) is 55.4 Å².